The zero-order chi connectivity index (χ0) is 9.42. The summed E-state index contributed by atoms with van der Waals surface area (Å²) in [5, 5.41) is 0. The van der Waals surface area contributed by atoms with E-state index in [0.29, 0.717) is 11.7 Å². The van der Waals surface area contributed by atoms with Crippen LogP contribution in [0.15, 0.2) is 20.0 Å². The molecule has 6 heteroatoms. The van der Waals surface area contributed by atoms with Gasteiger partial charge in [0.2, 0.25) is 0 Å². The van der Waals surface area contributed by atoms with Crippen LogP contribution in [0.25, 0.3) is 0 Å². The molecule has 0 bridgehead atoms. The molecule has 2 aliphatic heterocycles. The summed E-state index contributed by atoms with van der Waals surface area (Å²) in [5.41, 5.74) is 0. The second-order valence-corrected chi connectivity index (χ2v) is 2.90. The first kappa shape index (κ1) is 8.03. The Hall–Kier alpha value is -1.59. The number of rotatable bonds is 0. The van der Waals surface area contributed by atoms with Crippen LogP contribution in [0.3, 0.4) is 0 Å². The fourth-order valence-corrected chi connectivity index (χ4v) is 1.19. The van der Waals surface area contributed by atoms with Gasteiger partial charge in [-0.25, -0.2) is 4.99 Å². The van der Waals surface area contributed by atoms with Crippen LogP contribution in [0.4, 0.5) is 4.39 Å². The van der Waals surface area contributed by atoms with E-state index in [4.69, 9.17) is 0 Å². The van der Waals surface area contributed by atoms with Crippen LogP contribution in [0.5, 0.6) is 0 Å². The standard InChI is InChI=1S/C7H8FN5/c1-13(2)6-4-5(10-3-9-4)11-7(8)12-6/h3-4H,1-2H3. The second kappa shape index (κ2) is 2.72. The smallest absolute Gasteiger partial charge is 0.312 e. The van der Waals surface area contributed by atoms with Crippen molar-refractivity contribution in [3.05, 3.63) is 0 Å². The third kappa shape index (κ3) is 1.24. The lowest BCUT2D eigenvalue weighted by molar-refractivity contribution is 0.600. The Balaban J connectivity index is 2.41. The summed E-state index contributed by atoms with van der Waals surface area (Å²) in [5.74, 6) is 0.899. The molecular formula is C7H8FN5. The van der Waals surface area contributed by atoms with Gasteiger partial charge in [0.15, 0.2) is 11.9 Å². The first-order valence-corrected chi connectivity index (χ1v) is 3.78. The molecule has 1 atom stereocenters. The van der Waals surface area contributed by atoms with Crippen LogP contribution in [-0.4, -0.2) is 49.1 Å². The van der Waals surface area contributed by atoms with Gasteiger partial charge in [0.25, 0.3) is 0 Å². The van der Waals surface area contributed by atoms with Gasteiger partial charge >= 0.3 is 6.09 Å². The lowest BCUT2D eigenvalue weighted by atomic mass is 10.2. The van der Waals surface area contributed by atoms with Gasteiger partial charge in [0.1, 0.15) is 12.2 Å². The quantitative estimate of drug-likeness (QED) is 0.489. The van der Waals surface area contributed by atoms with E-state index in [2.05, 4.69) is 20.0 Å². The lowest BCUT2D eigenvalue weighted by Crippen LogP contribution is -2.39. The van der Waals surface area contributed by atoms with E-state index in [1.807, 2.05) is 0 Å². The van der Waals surface area contributed by atoms with Gasteiger partial charge in [-0.15, -0.1) is 0 Å². The van der Waals surface area contributed by atoms with Gasteiger partial charge < -0.3 is 4.90 Å². The summed E-state index contributed by atoms with van der Waals surface area (Å²) in [6.07, 6.45) is 0.616. The van der Waals surface area contributed by atoms with Crippen molar-refractivity contribution in [1.29, 1.82) is 0 Å². The van der Waals surface area contributed by atoms with Crippen molar-refractivity contribution in [3.8, 4) is 0 Å². The summed E-state index contributed by atoms with van der Waals surface area (Å²) >= 11 is 0. The minimum atomic E-state index is -0.760. The lowest BCUT2D eigenvalue weighted by Gasteiger charge is -2.21. The Morgan fingerprint density at radius 2 is 2.15 bits per heavy atom. The zero-order valence-electron chi connectivity index (χ0n) is 7.27. The van der Waals surface area contributed by atoms with Gasteiger partial charge in [-0.05, 0) is 0 Å². The summed E-state index contributed by atoms with van der Waals surface area (Å²) in [6.45, 7) is 0. The molecule has 0 radical (unpaired) electrons. The minimum absolute atomic E-state index is 0.325. The molecule has 5 nitrogen and oxygen atoms in total. The molecule has 2 rings (SSSR count). The van der Waals surface area contributed by atoms with Gasteiger partial charge in [-0.3, -0.25) is 4.99 Å². The highest BCUT2D eigenvalue weighted by atomic mass is 19.1. The highest BCUT2D eigenvalue weighted by Gasteiger charge is 2.29. The van der Waals surface area contributed by atoms with Gasteiger partial charge in [0.05, 0.1) is 0 Å². The monoisotopic (exact) mass is 181 g/mol. The molecule has 2 heterocycles. The molecule has 0 aromatic carbocycles. The molecule has 0 saturated carbocycles. The Bertz CT molecular complexity index is 352. The minimum Gasteiger partial charge on any atom is -0.364 e. The Morgan fingerprint density at radius 1 is 1.38 bits per heavy atom. The highest BCUT2D eigenvalue weighted by Crippen LogP contribution is 2.12. The SMILES string of the molecule is CN(C)C1=NC(F)=NC2=NC=NC21. The van der Waals surface area contributed by atoms with E-state index in [-0.39, 0.29) is 6.04 Å². The van der Waals surface area contributed by atoms with E-state index < -0.39 is 6.09 Å². The van der Waals surface area contributed by atoms with Crippen LogP contribution in [0, 0.1) is 0 Å². The first-order chi connectivity index (χ1) is 6.18. The molecule has 0 saturated heterocycles. The molecule has 1 unspecified atom stereocenters. The first-order valence-electron chi connectivity index (χ1n) is 3.78. The molecule has 0 aromatic heterocycles. The molecule has 2 aliphatic rings. The average Bonchev–Trinajstić information content (AvgIpc) is 2.49. The third-order valence-corrected chi connectivity index (χ3v) is 1.77. The van der Waals surface area contributed by atoms with Crippen molar-refractivity contribution in [2.45, 2.75) is 6.04 Å². The number of nitrogens with zero attached hydrogens (tertiary/aromatic N) is 5. The number of halogens is 1. The summed E-state index contributed by atoms with van der Waals surface area (Å²) in [4.78, 5) is 16.7. The summed E-state index contributed by atoms with van der Waals surface area (Å²) in [7, 11) is 3.56. The van der Waals surface area contributed by atoms with E-state index in [9.17, 15) is 4.39 Å². The molecule has 0 fully saturated rings. The topological polar surface area (TPSA) is 52.7 Å². The molecule has 68 valence electrons. The summed E-state index contributed by atoms with van der Waals surface area (Å²) < 4.78 is 12.8. The predicted molar refractivity (Wildman–Crippen MR) is 49.4 cm³/mol. The normalized spacial score (nSPS) is 24.8. The van der Waals surface area contributed by atoms with E-state index >= 15 is 0 Å². The number of amidine groups is 3. The van der Waals surface area contributed by atoms with Crippen LogP contribution in [0.2, 0.25) is 0 Å². The van der Waals surface area contributed by atoms with Crippen molar-refractivity contribution in [3.63, 3.8) is 0 Å². The number of aliphatic imine (C=N–C) groups is 4. The summed E-state index contributed by atoms with van der Waals surface area (Å²) in [6, 6.07) is -0.325. The maximum atomic E-state index is 12.8. The van der Waals surface area contributed by atoms with Crippen molar-refractivity contribution in [1.82, 2.24) is 4.90 Å². The van der Waals surface area contributed by atoms with Crippen molar-refractivity contribution < 1.29 is 4.39 Å². The Morgan fingerprint density at radius 3 is 2.85 bits per heavy atom. The average molecular weight is 181 g/mol. The van der Waals surface area contributed by atoms with E-state index in [1.165, 1.54) is 6.34 Å². The molecule has 0 aromatic rings. The van der Waals surface area contributed by atoms with E-state index in [1.54, 1.807) is 19.0 Å². The number of hydrogen-bond donors (Lipinski definition) is 0. The van der Waals surface area contributed by atoms with Crippen LogP contribution in [-0.2, 0) is 0 Å². The van der Waals surface area contributed by atoms with Crippen molar-refractivity contribution in [2.75, 3.05) is 14.1 Å². The molecular weight excluding hydrogens is 173 g/mol. The Kier molecular flexibility index (Phi) is 1.68. The maximum absolute atomic E-state index is 12.8. The highest BCUT2D eigenvalue weighted by molar-refractivity contribution is 6.21. The van der Waals surface area contributed by atoms with Crippen LogP contribution >= 0.6 is 0 Å². The molecule has 0 aliphatic carbocycles. The number of likely N-dealkylation sites (N-methyl/N-ethyl adjacent to an activating group) is 1. The number of hydrogen-bond acceptors (Lipinski definition) is 5. The van der Waals surface area contributed by atoms with Crippen molar-refractivity contribution >= 4 is 24.1 Å². The van der Waals surface area contributed by atoms with Crippen LogP contribution in [0.1, 0.15) is 0 Å². The Labute approximate surface area is 74.4 Å². The van der Waals surface area contributed by atoms with Gasteiger partial charge in [0, 0.05) is 14.1 Å². The van der Waals surface area contributed by atoms with Gasteiger partial charge in [-0.1, -0.05) is 0 Å². The largest absolute Gasteiger partial charge is 0.364 e. The van der Waals surface area contributed by atoms with E-state index in [0.717, 1.165) is 0 Å². The molecule has 0 amide bonds. The fraction of sp³-hybridized carbons (Fsp3) is 0.429. The maximum Gasteiger partial charge on any atom is 0.312 e. The molecule has 0 spiro atoms. The van der Waals surface area contributed by atoms with Crippen molar-refractivity contribution in [2.24, 2.45) is 20.0 Å². The fourth-order valence-electron chi connectivity index (χ4n) is 1.19. The number of fused-ring (bicyclic) bond motifs is 1. The molecule has 13 heavy (non-hydrogen) atoms. The van der Waals surface area contributed by atoms with Gasteiger partial charge in [-0.2, -0.15) is 14.4 Å². The van der Waals surface area contributed by atoms with Crippen LogP contribution < -0.4 is 0 Å². The third-order valence-electron chi connectivity index (χ3n) is 1.77. The predicted octanol–water partition coefficient (Wildman–Crippen LogP) is 0.0946. The molecule has 0 N–H and O–H groups in total. The zero-order valence-corrected chi connectivity index (χ0v) is 7.27. The second-order valence-electron chi connectivity index (χ2n) is 2.90.